The highest BCUT2D eigenvalue weighted by molar-refractivity contribution is 9.10. The van der Waals surface area contributed by atoms with Crippen LogP contribution in [0, 0.1) is 0 Å². The van der Waals surface area contributed by atoms with Crippen LogP contribution in [0.25, 0.3) is 0 Å². The highest BCUT2D eigenvalue weighted by Crippen LogP contribution is 2.23. The van der Waals surface area contributed by atoms with Crippen LogP contribution in [-0.4, -0.2) is 18.1 Å². The van der Waals surface area contributed by atoms with E-state index in [9.17, 15) is 4.79 Å². The van der Waals surface area contributed by atoms with Gasteiger partial charge in [-0.3, -0.25) is 0 Å². The van der Waals surface area contributed by atoms with Gasteiger partial charge in [-0.2, -0.15) is 0 Å². The van der Waals surface area contributed by atoms with Crippen molar-refractivity contribution in [3.05, 3.63) is 45.5 Å². The van der Waals surface area contributed by atoms with Gasteiger partial charge in [0.15, 0.2) is 0 Å². The number of rotatable bonds is 4. The summed E-state index contributed by atoms with van der Waals surface area (Å²) in [6, 6.07) is 3.50. The number of anilines is 1. The predicted octanol–water partition coefficient (Wildman–Crippen LogP) is 3.49. The van der Waals surface area contributed by atoms with E-state index in [4.69, 9.17) is 16.0 Å². The second-order valence-electron chi connectivity index (χ2n) is 3.62. The predicted molar refractivity (Wildman–Crippen MR) is 74.3 cm³/mol. The first-order chi connectivity index (χ1) is 9.11. The molecule has 0 radical (unpaired) electrons. The zero-order valence-electron chi connectivity index (χ0n) is 9.94. The molecule has 0 aliphatic heterocycles. The van der Waals surface area contributed by atoms with Crippen molar-refractivity contribution >= 4 is 39.2 Å². The van der Waals surface area contributed by atoms with Crippen LogP contribution in [0.1, 0.15) is 16.1 Å². The summed E-state index contributed by atoms with van der Waals surface area (Å²) in [5.74, 6) is -0.312. The lowest BCUT2D eigenvalue weighted by Gasteiger charge is -2.06. The zero-order chi connectivity index (χ0) is 13.8. The van der Waals surface area contributed by atoms with E-state index in [2.05, 4.69) is 31.0 Å². The van der Waals surface area contributed by atoms with Gasteiger partial charge in [0.25, 0.3) is 0 Å². The fourth-order valence-corrected chi connectivity index (χ4v) is 1.91. The third-order valence-corrected chi connectivity index (χ3v) is 3.53. The van der Waals surface area contributed by atoms with E-state index >= 15 is 0 Å². The number of methoxy groups -OCH3 is 1. The Balaban J connectivity index is 2.08. The molecule has 0 unspecified atom stereocenters. The maximum Gasteiger partial charge on any atom is 0.374 e. The van der Waals surface area contributed by atoms with E-state index in [-0.39, 0.29) is 5.76 Å². The number of nitrogens with one attached hydrogen (secondary N) is 1. The monoisotopic (exact) mass is 344 g/mol. The Kier molecular flexibility index (Phi) is 4.44. The summed E-state index contributed by atoms with van der Waals surface area (Å²) in [6.45, 7) is 0.413. The molecule has 2 rings (SSSR count). The van der Waals surface area contributed by atoms with Crippen molar-refractivity contribution in [2.24, 2.45) is 0 Å². The molecule has 0 amide bonds. The average molecular weight is 346 g/mol. The summed E-state index contributed by atoms with van der Waals surface area (Å²) in [4.78, 5) is 15.4. The molecule has 0 atom stereocenters. The third-order valence-electron chi connectivity index (χ3n) is 2.40. The molecule has 0 aromatic carbocycles. The van der Waals surface area contributed by atoms with Gasteiger partial charge in [0.1, 0.15) is 5.15 Å². The zero-order valence-corrected chi connectivity index (χ0v) is 12.3. The molecule has 2 heterocycles. The first-order valence-electron chi connectivity index (χ1n) is 5.31. The van der Waals surface area contributed by atoms with Gasteiger partial charge in [-0.25, -0.2) is 9.78 Å². The van der Waals surface area contributed by atoms with Gasteiger partial charge in [0, 0.05) is 12.1 Å². The molecule has 0 saturated heterocycles. The van der Waals surface area contributed by atoms with Gasteiger partial charge in [-0.15, -0.1) is 0 Å². The van der Waals surface area contributed by atoms with E-state index in [0.29, 0.717) is 21.7 Å². The first kappa shape index (κ1) is 13.9. The standard InChI is InChI=1S/C12H10BrClN2O3/c1-18-12(17)10-7(2-3-19-10)5-15-8-4-9(13)11(14)16-6-8/h2-4,6,15H,5H2,1H3. The lowest BCUT2D eigenvalue weighted by Crippen LogP contribution is -2.07. The van der Waals surface area contributed by atoms with Gasteiger partial charge in [0.05, 0.1) is 29.7 Å². The van der Waals surface area contributed by atoms with Gasteiger partial charge in [-0.1, -0.05) is 11.6 Å². The molecule has 5 nitrogen and oxygen atoms in total. The first-order valence-corrected chi connectivity index (χ1v) is 6.48. The Morgan fingerprint density at radius 2 is 2.42 bits per heavy atom. The fraction of sp³-hybridized carbons (Fsp3) is 0.167. The van der Waals surface area contributed by atoms with Crippen molar-refractivity contribution in [1.82, 2.24) is 4.98 Å². The normalized spacial score (nSPS) is 10.3. The van der Waals surface area contributed by atoms with Crippen molar-refractivity contribution in [2.45, 2.75) is 6.54 Å². The fourth-order valence-electron chi connectivity index (χ4n) is 1.46. The molecule has 19 heavy (non-hydrogen) atoms. The third kappa shape index (κ3) is 3.27. The van der Waals surface area contributed by atoms with Crippen LogP contribution in [0.5, 0.6) is 0 Å². The Hall–Kier alpha value is -1.53. The van der Waals surface area contributed by atoms with Crippen molar-refractivity contribution in [3.8, 4) is 0 Å². The summed E-state index contributed by atoms with van der Waals surface area (Å²) in [7, 11) is 1.31. The maximum absolute atomic E-state index is 11.4. The number of hydrogen-bond acceptors (Lipinski definition) is 5. The Morgan fingerprint density at radius 3 is 3.11 bits per heavy atom. The van der Waals surface area contributed by atoms with Crippen LogP contribution in [0.2, 0.25) is 5.15 Å². The second-order valence-corrected chi connectivity index (χ2v) is 4.83. The Morgan fingerprint density at radius 1 is 1.63 bits per heavy atom. The van der Waals surface area contributed by atoms with E-state index in [0.717, 1.165) is 5.69 Å². The molecule has 0 bridgehead atoms. The molecule has 0 fully saturated rings. The number of furan rings is 1. The molecule has 1 N–H and O–H groups in total. The van der Waals surface area contributed by atoms with E-state index in [1.807, 2.05) is 0 Å². The number of hydrogen-bond donors (Lipinski definition) is 1. The highest BCUT2D eigenvalue weighted by atomic mass is 79.9. The maximum atomic E-state index is 11.4. The second kappa shape index (κ2) is 6.08. The molecular weight excluding hydrogens is 336 g/mol. The van der Waals surface area contributed by atoms with Crippen molar-refractivity contribution in [2.75, 3.05) is 12.4 Å². The van der Waals surface area contributed by atoms with Gasteiger partial charge in [-0.05, 0) is 28.1 Å². The van der Waals surface area contributed by atoms with Gasteiger partial charge < -0.3 is 14.5 Å². The summed E-state index contributed by atoms with van der Waals surface area (Å²) in [5, 5.41) is 3.51. The number of halogens is 2. The van der Waals surface area contributed by atoms with Crippen molar-refractivity contribution in [3.63, 3.8) is 0 Å². The van der Waals surface area contributed by atoms with Crippen LogP contribution in [0.3, 0.4) is 0 Å². The molecule has 0 spiro atoms. The molecule has 7 heteroatoms. The minimum atomic E-state index is -0.503. The molecule has 100 valence electrons. The topological polar surface area (TPSA) is 64.4 Å². The van der Waals surface area contributed by atoms with Crippen molar-refractivity contribution < 1.29 is 13.9 Å². The number of nitrogens with zero attached hydrogens (tertiary/aromatic N) is 1. The minimum Gasteiger partial charge on any atom is -0.463 e. The smallest absolute Gasteiger partial charge is 0.374 e. The highest BCUT2D eigenvalue weighted by Gasteiger charge is 2.15. The molecular formula is C12H10BrClN2O3. The number of ether oxygens (including phenoxy) is 1. The number of aromatic nitrogens is 1. The lowest BCUT2D eigenvalue weighted by atomic mass is 10.2. The summed E-state index contributed by atoms with van der Waals surface area (Å²) in [5.41, 5.74) is 1.48. The SMILES string of the molecule is COC(=O)c1occc1CNc1cnc(Cl)c(Br)c1. The molecule has 2 aromatic heterocycles. The summed E-state index contributed by atoms with van der Waals surface area (Å²) in [6.07, 6.45) is 3.05. The Bertz CT molecular complexity index is 600. The largest absolute Gasteiger partial charge is 0.463 e. The number of pyridine rings is 1. The molecule has 2 aromatic rings. The van der Waals surface area contributed by atoms with Gasteiger partial charge >= 0.3 is 5.97 Å². The van der Waals surface area contributed by atoms with Gasteiger partial charge in [0.2, 0.25) is 5.76 Å². The van der Waals surface area contributed by atoms with Crippen LogP contribution in [0.4, 0.5) is 5.69 Å². The number of carbonyl (C=O) groups excluding carboxylic acids is 1. The lowest BCUT2D eigenvalue weighted by molar-refractivity contribution is 0.0563. The molecule has 0 saturated carbocycles. The average Bonchev–Trinajstić information content (AvgIpc) is 2.87. The number of esters is 1. The quantitative estimate of drug-likeness (QED) is 0.679. The van der Waals surface area contributed by atoms with Crippen LogP contribution < -0.4 is 5.32 Å². The molecule has 0 aliphatic rings. The molecule has 0 aliphatic carbocycles. The summed E-state index contributed by atoms with van der Waals surface area (Å²) < 4.78 is 10.4. The minimum absolute atomic E-state index is 0.191. The summed E-state index contributed by atoms with van der Waals surface area (Å²) >= 11 is 9.09. The van der Waals surface area contributed by atoms with E-state index < -0.39 is 5.97 Å². The van der Waals surface area contributed by atoms with E-state index in [1.165, 1.54) is 13.4 Å². The van der Waals surface area contributed by atoms with Crippen molar-refractivity contribution in [1.29, 1.82) is 0 Å². The van der Waals surface area contributed by atoms with Crippen LogP contribution in [0.15, 0.2) is 33.5 Å². The van der Waals surface area contributed by atoms with Crippen LogP contribution in [-0.2, 0) is 11.3 Å². The van der Waals surface area contributed by atoms with E-state index in [1.54, 1.807) is 18.3 Å². The Labute approximate surface area is 123 Å². The number of carbonyl (C=O) groups is 1. The van der Waals surface area contributed by atoms with Crippen LogP contribution >= 0.6 is 27.5 Å².